The van der Waals surface area contributed by atoms with Crippen LogP contribution in [0.5, 0.6) is 5.75 Å². The normalized spacial score (nSPS) is 20.3. The van der Waals surface area contributed by atoms with E-state index in [-0.39, 0.29) is 12.0 Å². The number of hydrogen-bond acceptors (Lipinski definition) is 2. The standard InChI is InChI=1S/C13H17NO2/c1-9-6-10(2)8-11(7-9)16-12-4-5-14(3)13(12)15/h6-8,12H,4-5H2,1-3H3. The van der Waals surface area contributed by atoms with Gasteiger partial charge in [0.2, 0.25) is 0 Å². The molecule has 3 heteroatoms. The van der Waals surface area contributed by atoms with Gasteiger partial charge in [0.1, 0.15) is 5.75 Å². The number of nitrogens with zero attached hydrogens (tertiary/aromatic N) is 1. The van der Waals surface area contributed by atoms with Gasteiger partial charge in [0.15, 0.2) is 6.10 Å². The highest BCUT2D eigenvalue weighted by Gasteiger charge is 2.30. The summed E-state index contributed by atoms with van der Waals surface area (Å²) in [6.07, 6.45) is 0.480. The van der Waals surface area contributed by atoms with Crippen LogP contribution in [0, 0.1) is 13.8 Å². The molecule has 1 amide bonds. The van der Waals surface area contributed by atoms with Crippen LogP contribution in [0.2, 0.25) is 0 Å². The van der Waals surface area contributed by atoms with Gasteiger partial charge in [-0.05, 0) is 37.1 Å². The molecule has 0 saturated carbocycles. The summed E-state index contributed by atoms with van der Waals surface area (Å²) in [7, 11) is 1.81. The Labute approximate surface area is 96.0 Å². The molecule has 0 radical (unpaired) electrons. The molecule has 1 aromatic carbocycles. The average molecular weight is 219 g/mol. The molecule has 0 bridgehead atoms. The van der Waals surface area contributed by atoms with Crippen LogP contribution >= 0.6 is 0 Å². The lowest BCUT2D eigenvalue weighted by atomic mass is 10.1. The number of ether oxygens (including phenoxy) is 1. The highest BCUT2D eigenvalue weighted by atomic mass is 16.5. The van der Waals surface area contributed by atoms with Crippen molar-refractivity contribution in [1.82, 2.24) is 4.90 Å². The van der Waals surface area contributed by atoms with E-state index < -0.39 is 0 Å². The van der Waals surface area contributed by atoms with Crippen LogP contribution in [0.3, 0.4) is 0 Å². The van der Waals surface area contributed by atoms with E-state index in [4.69, 9.17) is 4.74 Å². The first kappa shape index (κ1) is 11.0. The Kier molecular flexibility index (Phi) is 2.86. The third-order valence-electron chi connectivity index (χ3n) is 2.85. The molecule has 0 spiro atoms. The molecule has 1 aromatic rings. The van der Waals surface area contributed by atoms with Crippen LogP contribution in [-0.2, 0) is 4.79 Å². The minimum absolute atomic E-state index is 0.0826. The lowest BCUT2D eigenvalue weighted by Crippen LogP contribution is -2.29. The van der Waals surface area contributed by atoms with Crippen molar-refractivity contribution in [3.63, 3.8) is 0 Å². The quantitative estimate of drug-likeness (QED) is 0.760. The molecule has 2 rings (SSSR count). The fourth-order valence-electron chi connectivity index (χ4n) is 2.06. The average Bonchev–Trinajstić information content (AvgIpc) is 2.48. The zero-order valence-corrected chi connectivity index (χ0v) is 9.99. The monoisotopic (exact) mass is 219 g/mol. The molecular weight excluding hydrogens is 202 g/mol. The fourth-order valence-corrected chi connectivity index (χ4v) is 2.06. The first-order valence-electron chi connectivity index (χ1n) is 5.56. The van der Waals surface area contributed by atoms with E-state index >= 15 is 0 Å². The van der Waals surface area contributed by atoms with Crippen LogP contribution in [0.4, 0.5) is 0 Å². The molecule has 0 aromatic heterocycles. The van der Waals surface area contributed by atoms with Crippen molar-refractivity contribution in [3.8, 4) is 5.75 Å². The largest absolute Gasteiger partial charge is 0.481 e. The van der Waals surface area contributed by atoms with Gasteiger partial charge in [-0.1, -0.05) is 6.07 Å². The number of carbonyl (C=O) groups excluding carboxylic acids is 1. The topological polar surface area (TPSA) is 29.5 Å². The Morgan fingerprint density at radius 3 is 2.38 bits per heavy atom. The fraction of sp³-hybridized carbons (Fsp3) is 0.462. The van der Waals surface area contributed by atoms with E-state index in [1.807, 2.05) is 33.0 Å². The van der Waals surface area contributed by atoms with Crippen molar-refractivity contribution in [3.05, 3.63) is 29.3 Å². The van der Waals surface area contributed by atoms with Crippen LogP contribution in [0.25, 0.3) is 0 Å². The lowest BCUT2D eigenvalue weighted by Gasteiger charge is -2.13. The van der Waals surface area contributed by atoms with E-state index in [0.29, 0.717) is 0 Å². The predicted octanol–water partition coefficient (Wildman–Crippen LogP) is 1.91. The Morgan fingerprint density at radius 1 is 1.25 bits per heavy atom. The molecule has 3 nitrogen and oxygen atoms in total. The maximum absolute atomic E-state index is 11.7. The van der Waals surface area contributed by atoms with Crippen molar-refractivity contribution in [2.75, 3.05) is 13.6 Å². The Hall–Kier alpha value is -1.51. The van der Waals surface area contributed by atoms with Gasteiger partial charge in [-0.3, -0.25) is 4.79 Å². The second kappa shape index (κ2) is 4.16. The number of carbonyl (C=O) groups is 1. The molecular formula is C13H17NO2. The SMILES string of the molecule is Cc1cc(C)cc(OC2CCN(C)C2=O)c1. The van der Waals surface area contributed by atoms with Crippen molar-refractivity contribution in [2.24, 2.45) is 0 Å². The van der Waals surface area contributed by atoms with Crippen molar-refractivity contribution in [1.29, 1.82) is 0 Å². The number of likely N-dealkylation sites (N-methyl/N-ethyl adjacent to an activating group) is 1. The smallest absolute Gasteiger partial charge is 0.263 e. The Balaban J connectivity index is 2.12. The van der Waals surface area contributed by atoms with Gasteiger partial charge in [-0.15, -0.1) is 0 Å². The number of hydrogen-bond donors (Lipinski definition) is 0. The van der Waals surface area contributed by atoms with Crippen LogP contribution in [0.15, 0.2) is 18.2 Å². The second-order valence-electron chi connectivity index (χ2n) is 4.48. The molecule has 1 heterocycles. The van der Waals surface area contributed by atoms with Crippen LogP contribution < -0.4 is 4.74 Å². The summed E-state index contributed by atoms with van der Waals surface area (Å²) < 4.78 is 5.73. The summed E-state index contributed by atoms with van der Waals surface area (Å²) >= 11 is 0. The molecule has 16 heavy (non-hydrogen) atoms. The maximum atomic E-state index is 11.7. The van der Waals surface area contributed by atoms with Gasteiger partial charge in [0.25, 0.3) is 5.91 Å². The number of amides is 1. The number of benzene rings is 1. The molecule has 86 valence electrons. The predicted molar refractivity (Wildman–Crippen MR) is 62.6 cm³/mol. The maximum Gasteiger partial charge on any atom is 0.263 e. The number of aryl methyl sites for hydroxylation is 2. The molecule has 1 fully saturated rings. The molecule has 1 unspecified atom stereocenters. The Bertz CT molecular complexity index is 394. The Morgan fingerprint density at radius 2 is 1.88 bits per heavy atom. The van der Waals surface area contributed by atoms with Crippen LogP contribution in [0.1, 0.15) is 17.5 Å². The minimum Gasteiger partial charge on any atom is -0.481 e. The van der Waals surface area contributed by atoms with Gasteiger partial charge in [-0.25, -0.2) is 0 Å². The zero-order valence-electron chi connectivity index (χ0n) is 9.99. The molecule has 1 saturated heterocycles. The van der Waals surface area contributed by atoms with Gasteiger partial charge in [0, 0.05) is 20.0 Å². The van der Waals surface area contributed by atoms with Gasteiger partial charge in [0.05, 0.1) is 0 Å². The third-order valence-corrected chi connectivity index (χ3v) is 2.85. The molecule has 0 N–H and O–H groups in total. The highest BCUT2D eigenvalue weighted by molar-refractivity contribution is 5.83. The van der Waals surface area contributed by atoms with E-state index in [1.54, 1.807) is 4.90 Å². The summed E-state index contributed by atoms with van der Waals surface area (Å²) in [5.41, 5.74) is 2.32. The summed E-state index contributed by atoms with van der Waals surface area (Å²) in [4.78, 5) is 13.4. The first-order chi connectivity index (χ1) is 7.56. The summed E-state index contributed by atoms with van der Waals surface area (Å²) in [6, 6.07) is 6.03. The van der Waals surface area contributed by atoms with E-state index in [0.717, 1.165) is 29.8 Å². The third kappa shape index (κ3) is 2.18. The second-order valence-corrected chi connectivity index (χ2v) is 4.48. The number of likely N-dealkylation sites (tertiary alicyclic amines) is 1. The summed E-state index contributed by atoms with van der Waals surface area (Å²) in [5, 5.41) is 0. The first-order valence-corrected chi connectivity index (χ1v) is 5.56. The molecule has 0 aliphatic carbocycles. The summed E-state index contributed by atoms with van der Waals surface area (Å²) in [6.45, 7) is 4.85. The number of rotatable bonds is 2. The van der Waals surface area contributed by atoms with Gasteiger partial charge in [-0.2, -0.15) is 0 Å². The minimum atomic E-state index is -0.300. The van der Waals surface area contributed by atoms with Crippen molar-refractivity contribution >= 4 is 5.91 Å². The van der Waals surface area contributed by atoms with Crippen molar-refractivity contribution < 1.29 is 9.53 Å². The molecule has 1 aliphatic heterocycles. The van der Waals surface area contributed by atoms with Crippen molar-refractivity contribution in [2.45, 2.75) is 26.4 Å². The van der Waals surface area contributed by atoms with Gasteiger partial charge >= 0.3 is 0 Å². The zero-order chi connectivity index (χ0) is 11.7. The van der Waals surface area contributed by atoms with Gasteiger partial charge < -0.3 is 9.64 Å². The van der Waals surface area contributed by atoms with E-state index in [1.165, 1.54) is 0 Å². The van der Waals surface area contributed by atoms with E-state index in [9.17, 15) is 4.79 Å². The highest BCUT2D eigenvalue weighted by Crippen LogP contribution is 2.21. The molecule has 1 atom stereocenters. The van der Waals surface area contributed by atoms with Crippen LogP contribution in [-0.4, -0.2) is 30.5 Å². The lowest BCUT2D eigenvalue weighted by molar-refractivity contribution is -0.132. The summed E-state index contributed by atoms with van der Waals surface area (Å²) in [5.74, 6) is 0.880. The molecule has 1 aliphatic rings. The van der Waals surface area contributed by atoms with E-state index in [2.05, 4.69) is 6.07 Å².